The fourth-order valence-corrected chi connectivity index (χ4v) is 4.50. The van der Waals surface area contributed by atoms with E-state index in [2.05, 4.69) is 4.98 Å². The fourth-order valence-electron chi connectivity index (χ4n) is 2.70. The average Bonchev–Trinajstić information content (AvgIpc) is 2.86. The molecule has 0 saturated carbocycles. The van der Waals surface area contributed by atoms with Crippen LogP contribution < -0.4 is 5.73 Å². The molecule has 1 fully saturated rings. The smallest absolute Gasteiger partial charge is 0.243 e. The second-order valence-electron chi connectivity index (χ2n) is 5.22. The highest BCUT2D eigenvalue weighted by atomic mass is 32.2. The van der Waals surface area contributed by atoms with Crippen molar-refractivity contribution in [1.82, 2.24) is 9.29 Å². The largest absolute Gasteiger partial charge is 0.326 e. The summed E-state index contributed by atoms with van der Waals surface area (Å²) in [4.78, 5) is 4.47. The summed E-state index contributed by atoms with van der Waals surface area (Å²) in [6, 6.07) is 5.23. The van der Waals surface area contributed by atoms with Crippen LogP contribution in [0.25, 0.3) is 10.8 Å². The number of pyridine rings is 1. The molecule has 2 heterocycles. The molecule has 1 aromatic carbocycles. The minimum atomic E-state index is -3.50. The van der Waals surface area contributed by atoms with Gasteiger partial charge in [-0.1, -0.05) is 12.1 Å². The molecular formula is C14H17N3O2S. The highest BCUT2D eigenvalue weighted by molar-refractivity contribution is 7.89. The second kappa shape index (κ2) is 4.80. The molecule has 5 nitrogen and oxygen atoms in total. The molecule has 1 aromatic heterocycles. The van der Waals surface area contributed by atoms with Gasteiger partial charge in [0.05, 0.1) is 4.90 Å². The maximum atomic E-state index is 12.8. The number of benzene rings is 1. The number of aryl methyl sites for hydroxylation is 1. The lowest BCUT2D eigenvalue weighted by molar-refractivity contribution is 0.473. The lowest BCUT2D eigenvalue weighted by atomic mass is 10.1. The molecule has 106 valence electrons. The molecule has 0 spiro atoms. The Morgan fingerprint density at radius 1 is 1.35 bits per heavy atom. The highest BCUT2D eigenvalue weighted by Crippen LogP contribution is 2.29. The predicted octanol–water partition coefficient (Wildman–Crippen LogP) is 1.26. The van der Waals surface area contributed by atoms with Crippen molar-refractivity contribution in [1.29, 1.82) is 0 Å². The Balaban J connectivity index is 2.19. The summed E-state index contributed by atoms with van der Waals surface area (Å²) in [5, 5.41) is 1.59. The lowest BCUT2D eigenvalue weighted by Gasteiger charge is -2.18. The number of aromatic nitrogens is 1. The Bertz CT molecular complexity index is 753. The number of rotatable bonds is 2. The number of hydrogen-bond donors (Lipinski definition) is 1. The van der Waals surface area contributed by atoms with E-state index in [1.807, 2.05) is 13.0 Å². The van der Waals surface area contributed by atoms with Gasteiger partial charge >= 0.3 is 0 Å². The standard InChI is InChI=1S/C14H17N3O2S/c1-10-7-16-8-11-3-2-4-13(14(10)11)20(18,19)17-6-5-12(15)9-17/h2-4,7-8,12H,5-6,9,15H2,1H3/t12-/m1/s1. The first-order chi connectivity index (χ1) is 9.50. The highest BCUT2D eigenvalue weighted by Gasteiger charge is 2.32. The predicted molar refractivity (Wildman–Crippen MR) is 77.8 cm³/mol. The van der Waals surface area contributed by atoms with E-state index < -0.39 is 10.0 Å². The molecule has 1 aliphatic rings. The third-order valence-electron chi connectivity index (χ3n) is 3.74. The van der Waals surface area contributed by atoms with Gasteiger partial charge in [-0.3, -0.25) is 4.98 Å². The molecule has 2 N–H and O–H groups in total. The van der Waals surface area contributed by atoms with Gasteiger partial charge in [0.1, 0.15) is 0 Å². The van der Waals surface area contributed by atoms with Gasteiger partial charge in [0.2, 0.25) is 10.0 Å². The van der Waals surface area contributed by atoms with Crippen LogP contribution in [-0.4, -0.2) is 36.8 Å². The van der Waals surface area contributed by atoms with Gasteiger partial charge in [-0.2, -0.15) is 4.31 Å². The molecule has 0 bridgehead atoms. The summed E-state index contributed by atoms with van der Waals surface area (Å²) in [5.41, 5.74) is 6.69. The number of sulfonamides is 1. The number of nitrogens with two attached hydrogens (primary N) is 1. The van der Waals surface area contributed by atoms with Crippen molar-refractivity contribution in [3.8, 4) is 0 Å². The van der Waals surface area contributed by atoms with Crippen LogP contribution in [0, 0.1) is 6.92 Å². The summed E-state index contributed by atoms with van der Waals surface area (Å²) in [5.74, 6) is 0. The van der Waals surface area contributed by atoms with Gasteiger partial charge in [-0.25, -0.2) is 8.42 Å². The van der Waals surface area contributed by atoms with Gasteiger partial charge in [0.25, 0.3) is 0 Å². The van der Waals surface area contributed by atoms with Crippen LogP contribution in [-0.2, 0) is 10.0 Å². The van der Waals surface area contributed by atoms with Gasteiger partial charge in [-0.15, -0.1) is 0 Å². The Kier molecular flexibility index (Phi) is 3.24. The first-order valence-electron chi connectivity index (χ1n) is 6.59. The number of nitrogens with zero attached hydrogens (tertiary/aromatic N) is 2. The maximum Gasteiger partial charge on any atom is 0.243 e. The van der Waals surface area contributed by atoms with Gasteiger partial charge in [0, 0.05) is 42.3 Å². The Hall–Kier alpha value is -1.50. The van der Waals surface area contributed by atoms with Crippen LogP contribution in [0.3, 0.4) is 0 Å². The fraction of sp³-hybridized carbons (Fsp3) is 0.357. The first kappa shape index (κ1) is 13.5. The Morgan fingerprint density at radius 3 is 2.85 bits per heavy atom. The van der Waals surface area contributed by atoms with E-state index in [0.29, 0.717) is 24.4 Å². The summed E-state index contributed by atoms with van der Waals surface area (Å²) >= 11 is 0. The van der Waals surface area contributed by atoms with Crippen LogP contribution >= 0.6 is 0 Å². The molecule has 20 heavy (non-hydrogen) atoms. The van der Waals surface area contributed by atoms with Crippen molar-refractivity contribution < 1.29 is 8.42 Å². The normalized spacial score (nSPS) is 20.6. The van der Waals surface area contributed by atoms with E-state index in [1.54, 1.807) is 24.5 Å². The van der Waals surface area contributed by atoms with Crippen molar-refractivity contribution in [3.63, 3.8) is 0 Å². The molecule has 0 amide bonds. The SMILES string of the molecule is Cc1cncc2cccc(S(=O)(=O)N3CC[C@@H](N)C3)c12. The summed E-state index contributed by atoms with van der Waals surface area (Å²) < 4.78 is 27.1. The Morgan fingerprint density at radius 2 is 2.15 bits per heavy atom. The molecule has 1 aliphatic heterocycles. The zero-order chi connectivity index (χ0) is 14.3. The third-order valence-corrected chi connectivity index (χ3v) is 5.65. The maximum absolute atomic E-state index is 12.8. The van der Waals surface area contributed by atoms with Crippen LogP contribution in [0.1, 0.15) is 12.0 Å². The topological polar surface area (TPSA) is 76.3 Å². The van der Waals surface area contributed by atoms with E-state index in [-0.39, 0.29) is 6.04 Å². The lowest BCUT2D eigenvalue weighted by Crippen LogP contribution is -2.32. The van der Waals surface area contributed by atoms with Crippen molar-refractivity contribution in [3.05, 3.63) is 36.2 Å². The van der Waals surface area contributed by atoms with Crippen LogP contribution in [0.4, 0.5) is 0 Å². The van der Waals surface area contributed by atoms with Crippen LogP contribution in [0.15, 0.2) is 35.5 Å². The molecule has 2 aromatic rings. The van der Waals surface area contributed by atoms with E-state index in [0.717, 1.165) is 16.3 Å². The molecule has 0 aliphatic carbocycles. The molecule has 3 rings (SSSR count). The van der Waals surface area contributed by atoms with E-state index in [9.17, 15) is 8.42 Å². The monoisotopic (exact) mass is 291 g/mol. The molecular weight excluding hydrogens is 274 g/mol. The van der Waals surface area contributed by atoms with Crippen molar-refractivity contribution in [2.75, 3.05) is 13.1 Å². The zero-order valence-electron chi connectivity index (χ0n) is 11.3. The summed E-state index contributed by atoms with van der Waals surface area (Å²) in [6.07, 6.45) is 4.10. The van der Waals surface area contributed by atoms with Gasteiger partial charge < -0.3 is 5.73 Å². The van der Waals surface area contributed by atoms with Crippen molar-refractivity contribution in [2.24, 2.45) is 5.73 Å². The molecule has 6 heteroatoms. The molecule has 0 unspecified atom stereocenters. The minimum Gasteiger partial charge on any atom is -0.326 e. The number of fused-ring (bicyclic) bond motifs is 1. The first-order valence-corrected chi connectivity index (χ1v) is 8.03. The Labute approximate surface area is 118 Å². The van der Waals surface area contributed by atoms with Crippen LogP contribution in [0.5, 0.6) is 0 Å². The van der Waals surface area contributed by atoms with E-state index in [4.69, 9.17) is 5.73 Å². The van der Waals surface area contributed by atoms with Gasteiger partial charge in [-0.05, 0) is 25.0 Å². The summed E-state index contributed by atoms with van der Waals surface area (Å²) in [6.45, 7) is 2.76. The third kappa shape index (κ3) is 2.09. The quantitative estimate of drug-likeness (QED) is 0.904. The van der Waals surface area contributed by atoms with Crippen LogP contribution in [0.2, 0.25) is 0 Å². The van der Waals surface area contributed by atoms with Crippen molar-refractivity contribution in [2.45, 2.75) is 24.3 Å². The molecule has 0 radical (unpaired) electrons. The molecule has 1 saturated heterocycles. The van der Waals surface area contributed by atoms with Gasteiger partial charge in [0.15, 0.2) is 0 Å². The van der Waals surface area contributed by atoms with E-state index >= 15 is 0 Å². The average molecular weight is 291 g/mol. The summed E-state index contributed by atoms with van der Waals surface area (Å²) in [7, 11) is -3.50. The van der Waals surface area contributed by atoms with Crippen molar-refractivity contribution >= 4 is 20.8 Å². The minimum absolute atomic E-state index is 0.0671. The number of hydrogen-bond acceptors (Lipinski definition) is 4. The zero-order valence-corrected chi connectivity index (χ0v) is 12.1. The second-order valence-corrected chi connectivity index (χ2v) is 7.13. The van der Waals surface area contributed by atoms with E-state index in [1.165, 1.54) is 4.31 Å². The molecule has 1 atom stereocenters.